The summed E-state index contributed by atoms with van der Waals surface area (Å²) in [5, 5.41) is 0. The van der Waals surface area contributed by atoms with E-state index in [0.29, 0.717) is 0 Å². The van der Waals surface area contributed by atoms with Gasteiger partial charge in [-0.15, -0.1) is 45.3 Å². The molecule has 0 amide bonds. The van der Waals surface area contributed by atoms with Crippen LogP contribution >= 0.6 is 45.3 Å². The van der Waals surface area contributed by atoms with E-state index in [9.17, 15) is 0 Å². The zero-order valence-corrected chi connectivity index (χ0v) is 17.9. The standard InChI is InChI=1S/C22H18S4/c1-11-7-13-9-19(25-21(11)13)17-5-3-15(23-17)16-4-6-18(24-16)20-10-14-8-12(2)22(14)26-20/h3-6,9-12H,7-8H2,1-2H3. The lowest BCUT2D eigenvalue weighted by molar-refractivity contribution is 0.690. The maximum absolute atomic E-state index is 2.42. The van der Waals surface area contributed by atoms with Crippen molar-refractivity contribution in [2.24, 2.45) is 0 Å². The minimum atomic E-state index is 0.772. The fourth-order valence-corrected chi connectivity index (χ4v) is 8.82. The van der Waals surface area contributed by atoms with E-state index in [0.717, 1.165) is 11.8 Å². The van der Waals surface area contributed by atoms with Gasteiger partial charge in [-0.2, -0.15) is 0 Å². The van der Waals surface area contributed by atoms with Crippen LogP contribution in [0.3, 0.4) is 0 Å². The summed E-state index contributed by atoms with van der Waals surface area (Å²) in [6.07, 6.45) is 2.53. The molecule has 0 radical (unpaired) electrons. The largest absolute Gasteiger partial charge is 0.139 e. The molecule has 0 N–H and O–H groups in total. The van der Waals surface area contributed by atoms with Crippen LogP contribution in [0, 0.1) is 0 Å². The van der Waals surface area contributed by atoms with Crippen molar-refractivity contribution in [2.75, 3.05) is 0 Å². The average molecular weight is 411 g/mol. The van der Waals surface area contributed by atoms with Gasteiger partial charge in [0.1, 0.15) is 0 Å². The maximum Gasteiger partial charge on any atom is 0.0449 e. The van der Waals surface area contributed by atoms with E-state index < -0.39 is 0 Å². The number of fused-ring (bicyclic) bond motifs is 2. The fourth-order valence-electron chi connectivity index (χ4n) is 4.07. The lowest BCUT2D eigenvalue weighted by Gasteiger charge is -2.20. The van der Waals surface area contributed by atoms with Gasteiger partial charge in [0.25, 0.3) is 0 Å². The van der Waals surface area contributed by atoms with Crippen LogP contribution in [0.1, 0.15) is 46.6 Å². The average Bonchev–Trinajstić information content (AvgIpc) is 3.37. The molecule has 4 aromatic rings. The fraction of sp³-hybridized carbons (Fsp3) is 0.273. The van der Waals surface area contributed by atoms with Crippen LogP contribution in [-0.2, 0) is 12.8 Å². The van der Waals surface area contributed by atoms with Crippen LogP contribution in [0.15, 0.2) is 36.4 Å². The van der Waals surface area contributed by atoms with Crippen LogP contribution in [0.2, 0.25) is 0 Å². The predicted molar refractivity (Wildman–Crippen MR) is 118 cm³/mol. The number of rotatable bonds is 3. The minimum absolute atomic E-state index is 0.772. The molecule has 6 rings (SSSR count). The molecule has 0 bridgehead atoms. The third-order valence-electron chi connectivity index (χ3n) is 5.57. The summed E-state index contributed by atoms with van der Waals surface area (Å²) in [7, 11) is 0. The molecule has 4 heterocycles. The lowest BCUT2D eigenvalue weighted by atomic mass is 9.87. The van der Waals surface area contributed by atoms with E-state index >= 15 is 0 Å². The van der Waals surface area contributed by atoms with Crippen molar-refractivity contribution in [3.8, 4) is 29.3 Å². The highest BCUT2D eigenvalue weighted by atomic mass is 32.1. The van der Waals surface area contributed by atoms with Crippen LogP contribution in [0.25, 0.3) is 29.3 Å². The summed E-state index contributed by atoms with van der Waals surface area (Å²) in [6, 6.07) is 14.1. The van der Waals surface area contributed by atoms with Gasteiger partial charge in [-0.1, -0.05) is 13.8 Å². The summed E-state index contributed by atoms with van der Waals surface area (Å²) in [5.41, 5.74) is 3.16. The summed E-state index contributed by atoms with van der Waals surface area (Å²) >= 11 is 7.89. The molecule has 2 aliphatic carbocycles. The normalized spacial score (nSPS) is 20.4. The van der Waals surface area contributed by atoms with Crippen molar-refractivity contribution in [3.63, 3.8) is 0 Å². The van der Waals surface area contributed by atoms with Crippen molar-refractivity contribution in [3.05, 3.63) is 57.3 Å². The first-order valence-corrected chi connectivity index (χ1v) is 12.4. The smallest absolute Gasteiger partial charge is 0.0449 e. The highest BCUT2D eigenvalue weighted by molar-refractivity contribution is 7.28. The van der Waals surface area contributed by atoms with Gasteiger partial charge in [0.2, 0.25) is 0 Å². The molecule has 0 spiro atoms. The van der Waals surface area contributed by atoms with Gasteiger partial charge < -0.3 is 0 Å². The molecule has 0 saturated heterocycles. The quantitative estimate of drug-likeness (QED) is 0.319. The Morgan fingerprint density at radius 1 is 0.577 bits per heavy atom. The number of hydrogen-bond donors (Lipinski definition) is 0. The van der Waals surface area contributed by atoms with Gasteiger partial charge in [-0.05, 0) is 72.2 Å². The Hall–Kier alpha value is -1.20. The Kier molecular flexibility index (Phi) is 3.44. The monoisotopic (exact) mass is 410 g/mol. The highest BCUT2D eigenvalue weighted by Gasteiger charge is 2.27. The Bertz CT molecular complexity index is 1040. The summed E-state index contributed by atoms with van der Waals surface area (Å²) in [4.78, 5) is 11.8. The second-order valence-electron chi connectivity index (χ2n) is 7.54. The van der Waals surface area contributed by atoms with Crippen molar-refractivity contribution < 1.29 is 0 Å². The Balaban J connectivity index is 1.31. The van der Waals surface area contributed by atoms with E-state index in [1.165, 1.54) is 42.1 Å². The highest BCUT2D eigenvalue weighted by Crippen LogP contribution is 2.49. The molecular formula is C22H18S4. The molecule has 0 saturated carbocycles. The SMILES string of the molecule is CC1Cc2cc(-c3ccc(-c4ccc(-c5cc6c(s5)C(C)C6)s4)s3)sc21. The van der Waals surface area contributed by atoms with Crippen molar-refractivity contribution in [2.45, 2.75) is 38.5 Å². The van der Waals surface area contributed by atoms with Gasteiger partial charge in [-0.3, -0.25) is 0 Å². The van der Waals surface area contributed by atoms with Crippen molar-refractivity contribution >= 4 is 45.3 Å². The summed E-state index contributed by atoms with van der Waals surface area (Å²) in [6.45, 7) is 4.68. The van der Waals surface area contributed by atoms with Gasteiger partial charge in [0.15, 0.2) is 0 Å². The Morgan fingerprint density at radius 2 is 0.962 bits per heavy atom. The van der Waals surface area contributed by atoms with Crippen molar-refractivity contribution in [1.29, 1.82) is 0 Å². The van der Waals surface area contributed by atoms with Crippen molar-refractivity contribution in [1.82, 2.24) is 0 Å². The van der Waals surface area contributed by atoms with Gasteiger partial charge in [-0.25, -0.2) is 0 Å². The minimum Gasteiger partial charge on any atom is -0.139 e. The molecule has 130 valence electrons. The summed E-state index contributed by atoms with van der Waals surface area (Å²) < 4.78 is 0. The molecule has 4 aromatic heterocycles. The molecular weight excluding hydrogens is 393 g/mol. The third kappa shape index (κ3) is 2.29. The number of thiophene rings is 4. The van der Waals surface area contributed by atoms with E-state index in [2.05, 4.69) is 50.2 Å². The Morgan fingerprint density at radius 3 is 1.31 bits per heavy atom. The molecule has 2 atom stereocenters. The van der Waals surface area contributed by atoms with E-state index in [1.54, 1.807) is 20.9 Å². The molecule has 2 aliphatic rings. The first-order valence-electron chi connectivity index (χ1n) is 9.11. The first-order chi connectivity index (χ1) is 12.7. The van der Waals surface area contributed by atoms with E-state index in [-0.39, 0.29) is 0 Å². The molecule has 26 heavy (non-hydrogen) atoms. The molecule has 0 aliphatic heterocycles. The van der Waals surface area contributed by atoms with Gasteiger partial charge >= 0.3 is 0 Å². The third-order valence-corrected chi connectivity index (χ3v) is 11.1. The first kappa shape index (κ1) is 15.8. The molecule has 0 fully saturated rings. The number of hydrogen-bond acceptors (Lipinski definition) is 4. The van der Waals surface area contributed by atoms with Crippen LogP contribution < -0.4 is 0 Å². The van der Waals surface area contributed by atoms with Gasteiger partial charge in [0.05, 0.1) is 0 Å². The lowest BCUT2D eigenvalue weighted by Crippen LogP contribution is -2.08. The maximum atomic E-state index is 2.42. The zero-order valence-electron chi connectivity index (χ0n) is 14.7. The predicted octanol–water partition coefficient (Wildman–Crippen LogP) is 8.25. The molecule has 4 heteroatoms. The van der Waals surface area contributed by atoms with Crippen LogP contribution in [0.5, 0.6) is 0 Å². The van der Waals surface area contributed by atoms with E-state index in [1.807, 2.05) is 45.3 Å². The topological polar surface area (TPSA) is 0 Å². The summed E-state index contributed by atoms with van der Waals surface area (Å²) in [5.74, 6) is 1.54. The molecule has 0 aromatic carbocycles. The second kappa shape index (κ2) is 5.65. The van der Waals surface area contributed by atoms with Crippen LogP contribution in [-0.4, -0.2) is 0 Å². The second-order valence-corrected chi connectivity index (χ2v) is 11.9. The Labute approximate surface area is 169 Å². The van der Waals surface area contributed by atoms with Gasteiger partial charge in [0, 0.05) is 39.0 Å². The molecule has 0 nitrogen and oxygen atoms in total. The molecule has 2 unspecified atom stereocenters. The van der Waals surface area contributed by atoms with E-state index in [4.69, 9.17) is 0 Å². The zero-order chi connectivity index (χ0) is 17.4. The van der Waals surface area contributed by atoms with Crippen LogP contribution in [0.4, 0.5) is 0 Å².